The lowest BCUT2D eigenvalue weighted by Gasteiger charge is -2.42. The van der Waals surface area contributed by atoms with E-state index < -0.39 is 5.60 Å². The molecule has 6 nitrogen and oxygen atoms in total. The molecule has 2 fully saturated rings. The second-order valence-electron chi connectivity index (χ2n) is 9.88. The molecule has 2 aliphatic heterocycles. The summed E-state index contributed by atoms with van der Waals surface area (Å²) in [5, 5.41) is 13.9. The van der Waals surface area contributed by atoms with Crippen molar-refractivity contribution in [1.82, 2.24) is 9.88 Å². The van der Waals surface area contributed by atoms with E-state index >= 15 is 0 Å². The fourth-order valence-corrected chi connectivity index (χ4v) is 6.28. The number of piperidine rings is 1. The molecule has 1 aromatic heterocycles. The second-order valence-corrected chi connectivity index (χ2v) is 10.3. The largest absolute Gasteiger partial charge is 0.481 e. The molecule has 0 radical (unpaired) electrons. The van der Waals surface area contributed by atoms with Gasteiger partial charge in [-0.15, -0.1) is 0 Å². The van der Waals surface area contributed by atoms with Crippen molar-refractivity contribution in [1.29, 1.82) is 0 Å². The number of nitrogens with zero attached hydrogens (tertiary/aromatic N) is 2. The van der Waals surface area contributed by atoms with E-state index in [2.05, 4.69) is 0 Å². The van der Waals surface area contributed by atoms with Gasteiger partial charge in [-0.2, -0.15) is 0 Å². The average Bonchev–Trinajstić information content (AvgIpc) is 2.93. The molecule has 3 aromatic rings. The number of methoxy groups -OCH3 is 1. The van der Waals surface area contributed by atoms with E-state index in [0.717, 1.165) is 40.4 Å². The van der Waals surface area contributed by atoms with Crippen molar-refractivity contribution < 1.29 is 19.4 Å². The van der Waals surface area contributed by atoms with Crippen molar-refractivity contribution in [3.8, 4) is 5.88 Å². The predicted molar refractivity (Wildman–Crippen MR) is 141 cm³/mol. The Morgan fingerprint density at radius 3 is 2.42 bits per heavy atom. The third-order valence-corrected chi connectivity index (χ3v) is 8.34. The number of hydrogen-bond donors (Lipinski definition) is 1. The third kappa shape index (κ3) is 4.47. The SMILES string of the molecule is COc1nc2ccc(C(O)(c3ccccc3)C3CCN(C(C)=O)CC3)cc2c(Cl)c1C1CCOCC1. The van der Waals surface area contributed by atoms with Gasteiger partial charge in [0.2, 0.25) is 11.8 Å². The molecule has 2 aliphatic rings. The molecule has 7 heteroatoms. The number of aromatic nitrogens is 1. The number of benzene rings is 2. The maximum atomic E-state index is 12.5. The molecule has 0 aliphatic carbocycles. The maximum Gasteiger partial charge on any atom is 0.219 e. The summed E-state index contributed by atoms with van der Waals surface area (Å²) in [5.41, 5.74) is 2.06. The number of amides is 1. The molecule has 36 heavy (non-hydrogen) atoms. The summed E-state index contributed by atoms with van der Waals surface area (Å²) in [4.78, 5) is 18.6. The number of carbonyl (C=O) groups is 1. The van der Waals surface area contributed by atoms with Crippen LogP contribution in [-0.4, -0.2) is 54.3 Å². The fourth-order valence-electron chi connectivity index (χ4n) is 5.89. The van der Waals surface area contributed by atoms with Crippen LogP contribution < -0.4 is 4.74 Å². The molecule has 0 saturated carbocycles. The van der Waals surface area contributed by atoms with E-state index in [0.29, 0.717) is 50.0 Å². The number of aliphatic hydroxyl groups is 1. The first-order valence-corrected chi connectivity index (χ1v) is 13.1. The first kappa shape index (κ1) is 25.0. The molecule has 2 saturated heterocycles. The summed E-state index contributed by atoms with van der Waals surface area (Å²) in [6.07, 6.45) is 3.16. The number of halogens is 1. The molecule has 1 N–H and O–H groups in total. The lowest BCUT2D eigenvalue weighted by atomic mass is 9.71. The molecule has 5 rings (SSSR count). The lowest BCUT2D eigenvalue weighted by molar-refractivity contribution is -0.131. The van der Waals surface area contributed by atoms with E-state index in [4.69, 9.17) is 26.1 Å². The van der Waals surface area contributed by atoms with Crippen molar-refractivity contribution in [2.24, 2.45) is 5.92 Å². The van der Waals surface area contributed by atoms with Gasteiger partial charge in [0.15, 0.2) is 0 Å². The van der Waals surface area contributed by atoms with Gasteiger partial charge in [-0.1, -0.05) is 48.0 Å². The van der Waals surface area contributed by atoms with Gasteiger partial charge in [-0.25, -0.2) is 4.98 Å². The van der Waals surface area contributed by atoms with Crippen LogP contribution in [0.25, 0.3) is 10.9 Å². The van der Waals surface area contributed by atoms with Crippen molar-refractivity contribution in [3.05, 3.63) is 70.2 Å². The number of pyridine rings is 1. The minimum Gasteiger partial charge on any atom is -0.481 e. The van der Waals surface area contributed by atoms with Crippen molar-refractivity contribution in [2.75, 3.05) is 33.4 Å². The monoisotopic (exact) mass is 508 g/mol. The van der Waals surface area contributed by atoms with E-state index in [1.807, 2.05) is 53.4 Å². The molecule has 1 amide bonds. The first-order chi connectivity index (χ1) is 17.4. The van der Waals surface area contributed by atoms with Crippen LogP contribution in [0.4, 0.5) is 0 Å². The third-order valence-electron chi connectivity index (χ3n) is 7.93. The van der Waals surface area contributed by atoms with Gasteiger partial charge in [0, 0.05) is 44.2 Å². The van der Waals surface area contributed by atoms with Crippen LogP contribution in [0.15, 0.2) is 48.5 Å². The average molecular weight is 509 g/mol. The Labute approximate surface area is 217 Å². The Bertz CT molecular complexity index is 1240. The zero-order chi connectivity index (χ0) is 25.3. The Morgan fingerprint density at radius 1 is 1.08 bits per heavy atom. The van der Waals surface area contributed by atoms with Crippen molar-refractivity contribution in [2.45, 2.75) is 44.1 Å². The second kappa shape index (κ2) is 10.4. The van der Waals surface area contributed by atoms with Crippen molar-refractivity contribution in [3.63, 3.8) is 0 Å². The van der Waals surface area contributed by atoms with Crippen LogP contribution in [0.2, 0.25) is 5.02 Å². The first-order valence-electron chi connectivity index (χ1n) is 12.7. The van der Waals surface area contributed by atoms with E-state index in [1.54, 1.807) is 14.0 Å². The number of carbonyl (C=O) groups excluding carboxylic acids is 1. The summed E-state index contributed by atoms with van der Waals surface area (Å²) in [5.74, 6) is 0.801. The molecule has 1 atom stereocenters. The van der Waals surface area contributed by atoms with Gasteiger partial charge in [-0.05, 0) is 60.8 Å². The summed E-state index contributed by atoms with van der Waals surface area (Å²) < 4.78 is 11.2. The van der Waals surface area contributed by atoms with Crippen LogP contribution in [0.3, 0.4) is 0 Å². The van der Waals surface area contributed by atoms with Gasteiger partial charge in [0.1, 0.15) is 5.60 Å². The Balaban J connectivity index is 1.62. The molecule has 0 spiro atoms. The summed E-state index contributed by atoms with van der Waals surface area (Å²) in [6.45, 7) is 4.25. The van der Waals surface area contributed by atoms with E-state index in [-0.39, 0.29) is 17.7 Å². The van der Waals surface area contributed by atoms with Gasteiger partial charge in [0.25, 0.3) is 0 Å². The highest BCUT2D eigenvalue weighted by atomic mass is 35.5. The minimum atomic E-state index is -1.22. The Hall–Kier alpha value is -2.67. The summed E-state index contributed by atoms with van der Waals surface area (Å²) in [7, 11) is 1.63. The predicted octanol–water partition coefficient (Wildman–Crippen LogP) is 5.29. The number of fused-ring (bicyclic) bond motifs is 1. The molecule has 1 unspecified atom stereocenters. The summed E-state index contributed by atoms with van der Waals surface area (Å²) in [6, 6.07) is 15.7. The molecule has 2 aromatic carbocycles. The molecular weight excluding hydrogens is 476 g/mol. The minimum absolute atomic E-state index is 0.0482. The highest BCUT2D eigenvalue weighted by Crippen LogP contribution is 2.45. The van der Waals surface area contributed by atoms with Gasteiger partial charge >= 0.3 is 0 Å². The molecular formula is C29H33ClN2O4. The lowest BCUT2D eigenvalue weighted by Crippen LogP contribution is -2.45. The van der Waals surface area contributed by atoms with Crippen LogP contribution in [0, 0.1) is 5.92 Å². The zero-order valence-corrected chi connectivity index (χ0v) is 21.6. The highest BCUT2D eigenvalue weighted by Gasteiger charge is 2.42. The fraction of sp³-hybridized carbons (Fsp3) is 0.448. The number of hydrogen-bond acceptors (Lipinski definition) is 5. The van der Waals surface area contributed by atoms with Gasteiger partial charge < -0.3 is 19.5 Å². The number of likely N-dealkylation sites (tertiary alicyclic amines) is 1. The smallest absolute Gasteiger partial charge is 0.219 e. The molecule has 190 valence electrons. The van der Waals surface area contributed by atoms with E-state index in [1.165, 1.54) is 0 Å². The summed E-state index contributed by atoms with van der Waals surface area (Å²) >= 11 is 7.08. The highest BCUT2D eigenvalue weighted by molar-refractivity contribution is 6.36. The van der Waals surface area contributed by atoms with Crippen LogP contribution in [0.5, 0.6) is 5.88 Å². The normalized spacial score (nSPS) is 19.3. The van der Waals surface area contributed by atoms with Crippen LogP contribution in [-0.2, 0) is 15.1 Å². The van der Waals surface area contributed by atoms with Gasteiger partial charge in [-0.3, -0.25) is 4.79 Å². The van der Waals surface area contributed by atoms with E-state index in [9.17, 15) is 9.90 Å². The molecule has 3 heterocycles. The molecule has 0 bridgehead atoms. The van der Waals surface area contributed by atoms with Gasteiger partial charge in [0.05, 0.1) is 17.6 Å². The Morgan fingerprint density at radius 2 is 1.78 bits per heavy atom. The zero-order valence-electron chi connectivity index (χ0n) is 20.9. The maximum absolute atomic E-state index is 12.5. The topological polar surface area (TPSA) is 71.9 Å². The Kier molecular flexibility index (Phi) is 7.20. The van der Waals surface area contributed by atoms with Crippen LogP contribution in [0.1, 0.15) is 55.2 Å². The number of ether oxygens (including phenoxy) is 2. The number of rotatable bonds is 5. The quantitative estimate of drug-likeness (QED) is 0.507. The van der Waals surface area contributed by atoms with Crippen molar-refractivity contribution >= 4 is 28.4 Å². The van der Waals surface area contributed by atoms with Crippen LogP contribution >= 0.6 is 11.6 Å². The standard InChI is InChI=1S/C29H33ClN2O4/c1-19(33)32-14-10-22(11-15-32)29(34,21-6-4-3-5-7-21)23-8-9-25-24(18-23)27(30)26(28(31-25)35-2)20-12-16-36-17-13-20/h3-9,18,20,22,34H,10-17H2,1-2H3.